The minimum atomic E-state index is -0.105. The van der Waals surface area contributed by atoms with Crippen molar-refractivity contribution < 1.29 is 4.39 Å². The average Bonchev–Trinajstić information content (AvgIpc) is 2.48. The third-order valence-electron chi connectivity index (χ3n) is 3.81. The number of nitrogens with one attached hydrogen (secondary N) is 1. The largest absolute Gasteiger partial charge is 0.367 e. The van der Waals surface area contributed by atoms with Gasteiger partial charge in [-0.3, -0.25) is 0 Å². The van der Waals surface area contributed by atoms with Crippen molar-refractivity contribution in [1.82, 2.24) is 10.2 Å². The van der Waals surface area contributed by atoms with Gasteiger partial charge in [-0.05, 0) is 37.7 Å². The number of piperazine rings is 1. The Hall–Kier alpha value is -1.13. The fourth-order valence-electron chi connectivity index (χ4n) is 2.62. The number of unbranched alkanes of at least 4 members (excludes halogenated alkanes) is 1. The summed E-state index contributed by atoms with van der Waals surface area (Å²) in [6.07, 6.45) is 2.42. The van der Waals surface area contributed by atoms with Crippen LogP contribution in [0.5, 0.6) is 0 Å². The molecule has 0 unspecified atom stereocenters. The molecule has 1 fully saturated rings. The molecule has 1 aromatic carbocycles. The Bertz CT molecular complexity index is 416. The molecule has 2 rings (SSSR count). The first kappa shape index (κ1) is 15.3. The molecule has 1 heterocycles. The van der Waals surface area contributed by atoms with E-state index in [2.05, 4.69) is 29.1 Å². The van der Waals surface area contributed by atoms with Gasteiger partial charge in [-0.2, -0.15) is 0 Å². The van der Waals surface area contributed by atoms with Crippen LogP contribution in [0.15, 0.2) is 18.2 Å². The predicted octanol–water partition coefficient (Wildman–Crippen LogP) is 2.47. The van der Waals surface area contributed by atoms with Crippen LogP contribution >= 0.6 is 0 Å². The number of anilines is 1. The number of hydrogen-bond acceptors (Lipinski definition) is 3. The summed E-state index contributed by atoms with van der Waals surface area (Å²) in [5.74, 6) is -0.105. The zero-order valence-corrected chi connectivity index (χ0v) is 12.7. The van der Waals surface area contributed by atoms with E-state index >= 15 is 0 Å². The van der Waals surface area contributed by atoms with Gasteiger partial charge >= 0.3 is 0 Å². The van der Waals surface area contributed by atoms with Crippen molar-refractivity contribution in [3.8, 4) is 0 Å². The fourth-order valence-corrected chi connectivity index (χ4v) is 2.62. The van der Waals surface area contributed by atoms with Gasteiger partial charge in [0.25, 0.3) is 0 Å². The molecule has 0 radical (unpaired) electrons. The molecule has 0 bridgehead atoms. The van der Waals surface area contributed by atoms with Gasteiger partial charge in [0, 0.05) is 32.7 Å². The lowest BCUT2D eigenvalue weighted by Crippen LogP contribution is -2.43. The summed E-state index contributed by atoms with van der Waals surface area (Å²) >= 11 is 0. The van der Waals surface area contributed by atoms with E-state index in [1.807, 2.05) is 12.1 Å². The highest BCUT2D eigenvalue weighted by atomic mass is 19.1. The van der Waals surface area contributed by atoms with Crippen LogP contribution in [0.3, 0.4) is 0 Å². The Labute approximate surface area is 121 Å². The van der Waals surface area contributed by atoms with Gasteiger partial charge in [0.1, 0.15) is 5.82 Å². The van der Waals surface area contributed by atoms with Gasteiger partial charge in [0.05, 0.1) is 5.69 Å². The Morgan fingerprint density at radius 2 is 2.05 bits per heavy atom. The highest BCUT2D eigenvalue weighted by molar-refractivity contribution is 5.50. The quantitative estimate of drug-likeness (QED) is 0.863. The molecule has 0 atom stereocenters. The third-order valence-corrected chi connectivity index (χ3v) is 3.81. The van der Waals surface area contributed by atoms with Gasteiger partial charge in [0.15, 0.2) is 0 Å². The average molecular weight is 279 g/mol. The smallest absolute Gasteiger partial charge is 0.146 e. The number of rotatable bonds is 6. The highest BCUT2D eigenvalue weighted by Crippen LogP contribution is 2.22. The Kier molecular flexibility index (Phi) is 5.80. The van der Waals surface area contributed by atoms with E-state index in [1.165, 1.54) is 18.4 Å². The molecule has 0 aliphatic carbocycles. The molecule has 1 saturated heterocycles. The molecule has 3 nitrogen and oxygen atoms in total. The number of benzene rings is 1. The predicted molar refractivity (Wildman–Crippen MR) is 82.7 cm³/mol. The van der Waals surface area contributed by atoms with Crippen LogP contribution in [-0.2, 0) is 6.54 Å². The highest BCUT2D eigenvalue weighted by Gasteiger charge is 2.15. The number of nitrogens with zero attached hydrogens (tertiary/aromatic N) is 2. The van der Waals surface area contributed by atoms with E-state index in [0.717, 1.165) is 45.0 Å². The molecular weight excluding hydrogens is 253 g/mol. The number of hydrogen-bond donors (Lipinski definition) is 1. The second-order valence-corrected chi connectivity index (χ2v) is 5.61. The zero-order valence-electron chi connectivity index (χ0n) is 12.7. The maximum absolute atomic E-state index is 14.0. The lowest BCUT2D eigenvalue weighted by molar-refractivity contribution is 0.320. The Morgan fingerprint density at radius 1 is 1.30 bits per heavy atom. The molecule has 0 aromatic heterocycles. The summed E-state index contributed by atoms with van der Waals surface area (Å²) in [4.78, 5) is 4.44. The van der Waals surface area contributed by atoms with E-state index in [1.54, 1.807) is 6.07 Å². The molecular formula is C16H26FN3. The molecule has 4 heteroatoms. The minimum absolute atomic E-state index is 0.105. The van der Waals surface area contributed by atoms with Crippen molar-refractivity contribution in [2.45, 2.75) is 26.3 Å². The summed E-state index contributed by atoms with van der Waals surface area (Å²) in [5, 5.41) is 3.30. The molecule has 112 valence electrons. The summed E-state index contributed by atoms with van der Waals surface area (Å²) in [6.45, 7) is 7.81. The van der Waals surface area contributed by atoms with E-state index in [9.17, 15) is 4.39 Å². The maximum Gasteiger partial charge on any atom is 0.146 e. The minimum Gasteiger partial charge on any atom is -0.367 e. The normalized spacial score (nSPS) is 15.9. The molecule has 0 spiro atoms. The van der Waals surface area contributed by atoms with Gasteiger partial charge in [-0.15, -0.1) is 0 Å². The van der Waals surface area contributed by atoms with E-state index in [4.69, 9.17) is 0 Å². The van der Waals surface area contributed by atoms with Crippen LogP contribution in [0, 0.1) is 5.82 Å². The van der Waals surface area contributed by atoms with E-state index in [0.29, 0.717) is 0 Å². The first-order valence-corrected chi connectivity index (χ1v) is 7.63. The van der Waals surface area contributed by atoms with Gasteiger partial charge in [-0.1, -0.05) is 19.4 Å². The first-order valence-electron chi connectivity index (χ1n) is 7.63. The van der Waals surface area contributed by atoms with Crippen molar-refractivity contribution >= 4 is 5.69 Å². The van der Waals surface area contributed by atoms with Crippen molar-refractivity contribution in [3.63, 3.8) is 0 Å². The van der Waals surface area contributed by atoms with Crippen LogP contribution in [0.25, 0.3) is 0 Å². The van der Waals surface area contributed by atoms with Crippen molar-refractivity contribution in [2.75, 3.05) is 44.7 Å². The van der Waals surface area contributed by atoms with Gasteiger partial charge < -0.3 is 15.1 Å². The van der Waals surface area contributed by atoms with E-state index < -0.39 is 0 Å². The van der Waals surface area contributed by atoms with Crippen LogP contribution in [0.4, 0.5) is 10.1 Å². The maximum atomic E-state index is 14.0. The fraction of sp³-hybridized carbons (Fsp3) is 0.625. The second kappa shape index (κ2) is 7.60. The van der Waals surface area contributed by atoms with Crippen LogP contribution in [0.2, 0.25) is 0 Å². The summed E-state index contributed by atoms with van der Waals surface area (Å²) < 4.78 is 14.0. The molecule has 0 amide bonds. The Morgan fingerprint density at radius 3 is 2.75 bits per heavy atom. The van der Waals surface area contributed by atoms with Crippen LogP contribution < -0.4 is 10.2 Å². The van der Waals surface area contributed by atoms with Crippen molar-refractivity contribution in [2.24, 2.45) is 0 Å². The van der Waals surface area contributed by atoms with Gasteiger partial charge in [0.2, 0.25) is 0 Å². The molecule has 1 aliphatic rings. The van der Waals surface area contributed by atoms with E-state index in [-0.39, 0.29) is 5.82 Å². The van der Waals surface area contributed by atoms with Gasteiger partial charge in [-0.25, -0.2) is 4.39 Å². The zero-order chi connectivity index (χ0) is 14.4. The molecule has 0 saturated carbocycles. The number of halogens is 1. The van der Waals surface area contributed by atoms with Crippen LogP contribution in [-0.4, -0.2) is 44.7 Å². The molecule has 1 aliphatic heterocycles. The summed E-state index contributed by atoms with van der Waals surface area (Å²) in [7, 11) is 2.13. The van der Waals surface area contributed by atoms with Crippen LogP contribution in [0.1, 0.15) is 25.3 Å². The lowest BCUT2D eigenvalue weighted by Gasteiger charge is -2.30. The Balaban J connectivity index is 2.03. The summed E-state index contributed by atoms with van der Waals surface area (Å²) in [5.41, 5.74) is 1.95. The van der Waals surface area contributed by atoms with Crippen molar-refractivity contribution in [3.05, 3.63) is 29.6 Å². The second-order valence-electron chi connectivity index (χ2n) is 5.61. The topological polar surface area (TPSA) is 18.5 Å². The first-order chi connectivity index (χ1) is 9.70. The summed E-state index contributed by atoms with van der Waals surface area (Å²) in [6, 6.07) is 5.53. The lowest BCUT2D eigenvalue weighted by atomic mass is 10.1. The SMILES string of the molecule is CCCCN(C)Cc1ccc(F)c(N2CCNCC2)c1. The molecule has 1 aromatic rings. The molecule has 20 heavy (non-hydrogen) atoms. The molecule has 1 N–H and O–H groups in total. The van der Waals surface area contributed by atoms with Crippen molar-refractivity contribution in [1.29, 1.82) is 0 Å². The third kappa shape index (κ3) is 4.18. The standard InChI is InChI=1S/C16H26FN3/c1-3-4-9-19(2)13-14-5-6-15(17)16(12-14)20-10-7-18-8-11-20/h5-6,12,18H,3-4,7-11,13H2,1-2H3. The monoisotopic (exact) mass is 279 g/mol.